The summed E-state index contributed by atoms with van der Waals surface area (Å²) in [5, 5.41) is 17.2. The number of carboxylic acid groups (broad SMARTS) is 1. The Morgan fingerprint density at radius 3 is 2.60 bits per heavy atom. The number of thiocarbonyl (C=S) groups is 1. The molecule has 0 aliphatic carbocycles. The first kappa shape index (κ1) is 16.7. The SMILES string of the molecule is Cc1c(NC(=S)NC(=O)c2cc3ccccc3o2)cccc1C(=O)[O-]. The van der Waals surface area contributed by atoms with Crippen LogP contribution in [0.3, 0.4) is 0 Å². The van der Waals surface area contributed by atoms with Crippen molar-refractivity contribution in [2.45, 2.75) is 6.92 Å². The highest BCUT2D eigenvalue weighted by molar-refractivity contribution is 7.80. The number of fused-ring (bicyclic) bond motifs is 1. The molecule has 0 unspecified atom stereocenters. The van der Waals surface area contributed by atoms with Crippen molar-refractivity contribution in [1.82, 2.24) is 5.32 Å². The lowest BCUT2D eigenvalue weighted by molar-refractivity contribution is -0.255. The van der Waals surface area contributed by atoms with Gasteiger partial charge in [0.1, 0.15) is 5.58 Å². The van der Waals surface area contributed by atoms with Gasteiger partial charge in [-0.05, 0) is 42.9 Å². The maximum absolute atomic E-state index is 12.2. The third-order valence-electron chi connectivity index (χ3n) is 3.68. The van der Waals surface area contributed by atoms with Crippen molar-refractivity contribution in [3.05, 3.63) is 65.4 Å². The van der Waals surface area contributed by atoms with E-state index in [9.17, 15) is 14.7 Å². The monoisotopic (exact) mass is 353 g/mol. The van der Waals surface area contributed by atoms with Gasteiger partial charge in [0.05, 0.1) is 5.97 Å². The molecule has 0 spiro atoms. The van der Waals surface area contributed by atoms with Gasteiger partial charge in [-0.2, -0.15) is 0 Å². The molecule has 7 heteroatoms. The van der Waals surface area contributed by atoms with Gasteiger partial charge in [0.15, 0.2) is 10.9 Å². The Morgan fingerprint density at radius 2 is 1.88 bits per heavy atom. The fraction of sp³-hybridized carbons (Fsp3) is 0.0556. The summed E-state index contributed by atoms with van der Waals surface area (Å²) < 4.78 is 5.47. The lowest BCUT2D eigenvalue weighted by atomic mass is 10.1. The van der Waals surface area contributed by atoms with Gasteiger partial charge >= 0.3 is 0 Å². The van der Waals surface area contributed by atoms with Crippen molar-refractivity contribution < 1.29 is 19.1 Å². The molecule has 0 saturated carbocycles. The van der Waals surface area contributed by atoms with Crippen LogP contribution in [0.4, 0.5) is 5.69 Å². The number of anilines is 1. The number of hydrogen-bond acceptors (Lipinski definition) is 5. The topological polar surface area (TPSA) is 94.4 Å². The first-order valence-corrected chi connectivity index (χ1v) is 7.78. The first-order valence-electron chi connectivity index (χ1n) is 7.37. The van der Waals surface area contributed by atoms with Crippen molar-refractivity contribution in [2.75, 3.05) is 5.32 Å². The zero-order chi connectivity index (χ0) is 18.0. The molecular formula is C18H13N2O4S-. The molecule has 3 rings (SSSR count). The summed E-state index contributed by atoms with van der Waals surface area (Å²) in [6.45, 7) is 1.62. The van der Waals surface area contributed by atoms with Crippen LogP contribution in [-0.4, -0.2) is 17.0 Å². The average Bonchev–Trinajstić information content (AvgIpc) is 3.00. The second-order valence-corrected chi connectivity index (χ2v) is 5.73. The molecular weight excluding hydrogens is 340 g/mol. The second kappa shape index (κ2) is 6.74. The van der Waals surface area contributed by atoms with E-state index in [0.29, 0.717) is 16.8 Å². The van der Waals surface area contributed by atoms with Gasteiger partial charge in [0.25, 0.3) is 5.91 Å². The summed E-state index contributed by atoms with van der Waals surface area (Å²) in [6, 6.07) is 13.5. The van der Waals surface area contributed by atoms with E-state index >= 15 is 0 Å². The molecule has 0 bridgehead atoms. The van der Waals surface area contributed by atoms with Crippen LogP contribution in [0.1, 0.15) is 26.5 Å². The summed E-state index contributed by atoms with van der Waals surface area (Å²) in [5.41, 5.74) is 1.58. The number of amides is 1. The molecule has 0 saturated heterocycles. The van der Waals surface area contributed by atoms with Crippen molar-refractivity contribution in [2.24, 2.45) is 0 Å². The van der Waals surface area contributed by atoms with Gasteiger partial charge in [-0.3, -0.25) is 10.1 Å². The molecule has 2 N–H and O–H groups in total. The molecule has 2 aromatic carbocycles. The molecule has 25 heavy (non-hydrogen) atoms. The Morgan fingerprint density at radius 1 is 1.12 bits per heavy atom. The summed E-state index contributed by atoms with van der Waals surface area (Å²) in [5.74, 6) is -1.65. The van der Waals surface area contributed by atoms with Crippen molar-refractivity contribution in [1.29, 1.82) is 0 Å². The van der Waals surface area contributed by atoms with E-state index in [2.05, 4.69) is 10.6 Å². The first-order chi connectivity index (χ1) is 12.0. The minimum absolute atomic E-state index is 0.0315. The third-order valence-corrected chi connectivity index (χ3v) is 3.88. The summed E-state index contributed by atoms with van der Waals surface area (Å²) in [4.78, 5) is 23.3. The maximum Gasteiger partial charge on any atom is 0.293 e. The molecule has 0 aliphatic rings. The number of carboxylic acids is 1. The van der Waals surface area contributed by atoms with Crippen LogP contribution < -0.4 is 15.7 Å². The summed E-state index contributed by atoms with van der Waals surface area (Å²) in [7, 11) is 0. The highest BCUT2D eigenvalue weighted by Crippen LogP contribution is 2.20. The number of para-hydroxylation sites is 1. The second-order valence-electron chi connectivity index (χ2n) is 5.32. The van der Waals surface area contributed by atoms with E-state index < -0.39 is 11.9 Å². The normalized spacial score (nSPS) is 10.4. The summed E-state index contributed by atoms with van der Waals surface area (Å²) in [6.07, 6.45) is 0. The number of furan rings is 1. The van der Waals surface area contributed by atoms with Gasteiger partial charge < -0.3 is 19.6 Å². The van der Waals surface area contributed by atoms with Crippen molar-refractivity contribution in [3.8, 4) is 0 Å². The van der Waals surface area contributed by atoms with Crippen LogP contribution in [-0.2, 0) is 0 Å². The van der Waals surface area contributed by atoms with Crippen LogP contribution in [0, 0.1) is 6.92 Å². The van der Waals surface area contributed by atoms with Crippen LogP contribution >= 0.6 is 12.2 Å². The van der Waals surface area contributed by atoms with Gasteiger partial charge in [-0.25, -0.2) is 0 Å². The quantitative estimate of drug-likeness (QED) is 0.701. The third kappa shape index (κ3) is 3.51. The van der Waals surface area contributed by atoms with E-state index in [1.165, 1.54) is 6.07 Å². The number of benzene rings is 2. The largest absolute Gasteiger partial charge is 0.545 e. The highest BCUT2D eigenvalue weighted by Gasteiger charge is 2.14. The number of aromatic carboxylic acids is 1. The Kier molecular flexibility index (Phi) is 4.49. The number of nitrogens with one attached hydrogen (secondary N) is 2. The van der Waals surface area contributed by atoms with Gasteiger partial charge in [0.2, 0.25) is 0 Å². The molecule has 1 amide bonds. The lowest BCUT2D eigenvalue weighted by Crippen LogP contribution is -2.34. The van der Waals surface area contributed by atoms with Crippen LogP contribution in [0.5, 0.6) is 0 Å². The van der Waals surface area contributed by atoms with E-state index in [-0.39, 0.29) is 16.4 Å². The minimum Gasteiger partial charge on any atom is -0.545 e. The predicted molar refractivity (Wildman–Crippen MR) is 95.4 cm³/mol. The van der Waals surface area contributed by atoms with Gasteiger partial charge in [-0.1, -0.05) is 30.3 Å². The molecule has 126 valence electrons. The summed E-state index contributed by atoms with van der Waals surface area (Å²) >= 11 is 5.11. The Hall–Kier alpha value is -3.19. The minimum atomic E-state index is -1.28. The predicted octanol–water partition coefficient (Wildman–Crippen LogP) is 2.23. The molecule has 6 nitrogen and oxygen atoms in total. The zero-order valence-corrected chi connectivity index (χ0v) is 14.0. The van der Waals surface area contributed by atoms with Crippen LogP contribution in [0.2, 0.25) is 0 Å². The zero-order valence-electron chi connectivity index (χ0n) is 13.2. The molecule has 0 radical (unpaired) electrons. The molecule has 0 atom stereocenters. The van der Waals surface area contributed by atoms with E-state index in [4.69, 9.17) is 16.6 Å². The highest BCUT2D eigenvalue weighted by atomic mass is 32.1. The van der Waals surface area contributed by atoms with Crippen molar-refractivity contribution in [3.63, 3.8) is 0 Å². The number of carbonyl (C=O) groups is 2. The number of hydrogen-bond donors (Lipinski definition) is 2. The van der Waals surface area contributed by atoms with E-state index in [0.717, 1.165) is 5.39 Å². The molecule has 3 aromatic rings. The maximum atomic E-state index is 12.2. The van der Waals surface area contributed by atoms with E-state index in [1.54, 1.807) is 31.2 Å². The molecule has 0 aliphatic heterocycles. The molecule has 1 aromatic heterocycles. The van der Waals surface area contributed by atoms with Gasteiger partial charge in [0, 0.05) is 16.6 Å². The Labute approximate surface area is 148 Å². The fourth-order valence-electron chi connectivity index (χ4n) is 2.40. The average molecular weight is 353 g/mol. The Bertz CT molecular complexity index is 961. The van der Waals surface area contributed by atoms with Crippen LogP contribution in [0.25, 0.3) is 11.0 Å². The molecule has 1 heterocycles. The number of carbonyl (C=O) groups excluding carboxylic acids is 2. The van der Waals surface area contributed by atoms with Gasteiger partial charge in [-0.15, -0.1) is 0 Å². The van der Waals surface area contributed by atoms with E-state index in [1.807, 2.05) is 18.2 Å². The smallest absolute Gasteiger partial charge is 0.293 e. The lowest BCUT2D eigenvalue weighted by Gasteiger charge is -2.14. The number of rotatable bonds is 3. The van der Waals surface area contributed by atoms with Crippen molar-refractivity contribution >= 4 is 45.9 Å². The standard InChI is InChI=1S/C18H14N2O4S/c1-10-12(17(22)23)6-4-7-13(10)19-18(25)20-16(21)15-9-11-5-2-3-8-14(11)24-15/h2-9H,1H3,(H,22,23)(H2,19,20,21,25)/p-1. The Balaban J connectivity index is 1.73. The van der Waals surface area contributed by atoms with Crippen LogP contribution in [0.15, 0.2) is 52.9 Å². The fourth-order valence-corrected chi connectivity index (χ4v) is 2.61. The molecule has 0 fully saturated rings.